The maximum Gasteiger partial charge on any atom is 0.171 e. The number of hydrogen-bond donors (Lipinski definition) is 3. The third-order valence-electron chi connectivity index (χ3n) is 7.22. The zero-order chi connectivity index (χ0) is 27.8. The molecule has 200 valence electrons. The predicted octanol–water partition coefficient (Wildman–Crippen LogP) is 6.62. The zero-order valence-corrected chi connectivity index (χ0v) is 22.2. The molecule has 0 atom stereocenters. The Morgan fingerprint density at radius 3 is 2.49 bits per heavy atom. The number of imidazole rings is 1. The minimum absolute atomic E-state index is 0.149. The molecule has 0 aliphatic rings. The van der Waals surface area contributed by atoms with E-state index in [4.69, 9.17) is 14.7 Å². The molecule has 7 rings (SSSR count). The summed E-state index contributed by atoms with van der Waals surface area (Å²) >= 11 is 0. The number of phenols is 1. The third-order valence-corrected chi connectivity index (χ3v) is 7.22. The van der Waals surface area contributed by atoms with Crippen LogP contribution in [0.3, 0.4) is 0 Å². The molecule has 0 radical (unpaired) electrons. The lowest BCUT2D eigenvalue weighted by Gasteiger charge is -2.13. The number of hydrazine groups is 1. The molecule has 8 heteroatoms. The van der Waals surface area contributed by atoms with Crippen molar-refractivity contribution in [2.45, 2.75) is 6.54 Å². The van der Waals surface area contributed by atoms with Gasteiger partial charge in [-0.2, -0.15) is 0 Å². The van der Waals surface area contributed by atoms with Crippen molar-refractivity contribution in [3.8, 4) is 28.6 Å². The van der Waals surface area contributed by atoms with Gasteiger partial charge in [0.25, 0.3) is 0 Å². The maximum absolute atomic E-state index is 9.79. The van der Waals surface area contributed by atoms with Crippen LogP contribution in [0.2, 0.25) is 0 Å². The van der Waals surface area contributed by atoms with Crippen LogP contribution in [0.5, 0.6) is 11.5 Å². The minimum Gasteiger partial charge on any atom is -0.508 e. The number of aromatic nitrogens is 4. The predicted molar refractivity (Wildman–Crippen MR) is 162 cm³/mol. The average molecular weight is 539 g/mol. The Bertz CT molecular complexity index is 2050. The maximum atomic E-state index is 9.79. The number of hydrogen-bond acceptors (Lipinski definition) is 7. The fourth-order valence-electron chi connectivity index (χ4n) is 5.24. The molecule has 0 bridgehead atoms. The van der Waals surface area contributed by atoms with E-state index >= 15 is 0 Å². The Labute approximate surface area is 235 Å². The number of phenolic OH excluding ortho intramolecular Hbond substituents is 1. The molecular weight excluding hydrogens is 512 g/mol. The van der Waals surface area contributed by atoms with E-state index in [1.165, 1.54) is 5.39 Å². The fourth-order valence-corrected chi connectivity index (χ4v) is 5.24. The van der Waals surface area contributed by atoms with Gasteiger partial charge in [0.2, 0.25) is 0 Å². The highest BCUT2D eigenvalue weighted by Crippen LogP contribution is 2.34. The first-order valence-corrected chi connectivity index (χ1v) is 13.2. The molecule has 0 saturated heterocycles. The number of nitrogens with zero attached hydrogens (tertiary/aromatic N) is 4. The SMILES string of the molecule is COc1cc(O)ccc1CNNc1ncnc2c1nc(-c1ccc3ccccc3c1)n2-c1cccc2ccccc12. The normalized spacial score (nSPS) is 11.3. The Hall–Kier alpha value is -5.47. The van der Waals surface area contributed by atoms with Crippen molar-refractivity contribution in [3.05, 3.63) is 115 Å². The van der Waals surface area contributed by atoms with Crippen molar-refractivity contribution in [1.82, 2.24) is 24.9 Å². The number of benzene rings is 5. The molecule has 0 saturated carbocycles. The molecule has 7 aromatic rings. The van der Waals surface area contributed by atoms with Crippen molar-refractivity contribution in [2.75, 3.05) is 12.5 Å². The number of anilines is 1. The summed E-state index contributed by atoms with van der Waals surface area (Å²) in [5, 5.41) is 14.3. The van der Waals surface area contributed by atoms with Gasteiger partial charge in [-0.25, -0.2) is 20.4 Å². The Balaban J connectivity index is 1.36. The minimum atomic E-state index is 0.149. The van der Waals surface area contributed by atoms with Gasteiger partial charge in [0.05, 0.1) is 12.8 Å². The van der Waals surface area contributed by atoms with E-state index in [-0.39, 0.29) is 5.75 Å². The van der Waals surface area contributed by atoms with Crippen LogP contribution in [-0.2, 0) is 6.54 Å². The van der Waals surface area contributed by atoms with Crippen molar-refractivity contribution < 1.29 is 9.84 Å². The fraction of sp³-hybridized carbons (Fsp3) is 0.0606. The van der Waals surface area contributed by atoms with E-state index < -0.39 is 0 Å². The lowest BCUT2D eigenvalue weighted by atomic mass is 10.1. The topological polar surface area (TPSA) is 97.1 Å². The molecule has 0 aliphatic carbocycles. The van der Waals surface area contributed by atoms with Gasteiger partial charge in [-0.15, -0.1) is 0 Å². The van der Waals surface area contributed by atoms with Crippen LogP contribution in [0.25, 0.3) is 49.8 Å². The summed E-state index contributed by atoms with van der Waals surface area (Å²) in [6.45, 7) is 0.427. The second-order valence-corrected chi connectivity index (χ2v) is 9.70. The number of aromatic hydroxyl groups is 1. The second-order valence-electron chi connectivity index (χ2n) is 9.70. The summed E-state index contributed by atoms with van der Waals surface area (Å²) in [5.41, 5.74) is 10.6. The van der Waals surface area contributed by atoms with Crippen molar-refractivity contribution in [3.63, 3.8) is 0 Å². The molecule has 3 N–H and O–H groups in total. The quantitative estimate of drug-likeness (QED) is 0.196. The van der Waals surface area contributed by atoms with Crippen LogP contribution in [0.4, 0.5) is 5.82 Å². The summed E-state index contributed by atoms with van der Waals surface area (Å²) in [7, 11) is 1.58. The van der Waals surface area contributed by atoms with Crippen LogP contribution in [0.15, 0.2) is 109 Å². The van der Waals surface area contributed by atoms with E-state index in [0.29, 0.717) is 29.3 Å². The van der Waals surface area contributed by atoms with Gasteiger partial charge in [0.15, 0.2) is 17.0 Å². The number of ether oxygens (including phenoxy) is 1. The zero-order valence-electron chi connectivity index (χ0n) is 22.2. The van der Waals surface area contributed by atoms with Crippen molar-refractivity contribution >= 4 is 38.5 Å². The molecule has 41 heavy (non-hydrogen) atoms. The number of fused-ring (bicyclic) bond motifs is 3. The van der Waals surface area contributed by atoms with Crippen LogP contribution in [-0.4, -0.2) is 31.7 Å². The molecule has 8 nitrogen and oxygen atoms in total. The first kappa shape index (κ1) is 24.6. The van der Waals surface area contributed by atoms with Gasteiger partial charge in [-0.3, -0.25) is 4.57 Å². The molecule has 0 unspecified atom stereocenters. The molecule has 2 aromatic heterocycles. The number of nitrogens with one attached hydrogen (secondary N) is 2. The van der Waals surface area contributed by atoms with Gasteiger partial charge in [0, 0.05) is 29.1 Å². The van der Waals surface area contributed by atoms with Gasteiger partial charge < -0.3 is 15.3 Å². The monoisotopic (exact) mass is 538 g/mol. The third kappa shape index (κ3) is 4.46. The summed E-state index contributed by atoms with van der Waals surface area (Å²) in [6, 6.07) is 34.3. The smallest absolute Gasteiger partial charge is 0.171 e. The van der Waals surface area contributed by atoms with Crippen LogP contribution in [0, 0.1) is 0 Å². The Morgan fingerprint density at radius 2 is 1.61 bits per heavy atom. The highest BCUT2D eigenvalue weighted by atomic mass is 16.5. The van der Waals surface area contributed by atoms with Gasteiger partial charge in [0.1, 0.15) is 23.7 Å². The number of methoxy groups -OCH3 is 1. The van der Waals surface area contributed by atoms with E-state index in [0.717, 1.165) is 38.8 Å². The summed E-state index contributed by atoms with van der Waals surface area (Å²) in [5.74, 6) is 2.06. The van der Waals surface area contributed by atoms with Crippen molar-refractivity contribution in [2.24, 2.45) is 0 Å². The molecule has 2 heterocycles. The van der Waals surface area contributed by atoms with Crippen LogP contribution < -0.4 is 15.6 Å². The lowest BCUT2D eigenvalue weighted by Crippen LogP contribution is -2.22. The standard InChI is InChI=1S/C33H26N6O2/c1-41-29-18-26(40)16-15-25(29)19-36-38-31-30-33(35-20-34-31)39(28-12-6-10-22-8-4-5-11-27(22)28)32(37-30)24-14-13-21-7-2-3-9-23(21)17-24/h2-18,20,36,40H,19H2,1H3,(H,34,35,38). The molecule has 5 aromatic carbocycles. The lowest BCUT2D eigenvalue weighted by molar-refractivity contribution is 0.401. The molecule has 0 spiro atoms. The molecule has 0 aliphatic heterocycles. The van der Waals surface area contributed by atoms with Gasteiger partial charge >= 0.3 is 0 Å². The summed E-state index contributed by atoms with van der Waals surface area (Å²) < 4.78 is 7.52. The Morgan fingerprint density at radius 1 is 0.805 bits per heavy atom. The molecule has 0 fully saturated rings. The Kier molecular flexibility index (Phi) is 6.14. The highest BCUT2D eigenvalue weighted by molar-refractivity contribution is 5.96. The summed E-state index contributed by atoms with van der Waals surface area (Å²) in [4.78, 5) is 14.3. The largest absolute Gasteiger partial charge is 0.508 e. The van der Waals surface area contributed by atoms with E-state index in [1.54, 1.807) is 25.6 Å². The van der Waals surface area contributed by atoms with Crippen LogP contribution in [0.1, 0.15) is 5.56 Å². The second kappa shape index (κ2) is 10.3. The van der Waals surface area contributed by atoms with Gasteiger partial charge in [-0.05, 0) is 34.4 Å². The molecule has 0 amide bonds. The van der Waals surface area contributed by atoms with E-state index in [1.807, 2.05) is 30.3 Å². The first-order chi connectivity index (χ1) is 20.2. The highest BCUT2D eigenvalue weighted by Gasteiger charge is 2.20. The average Bonchev–Trinajstić information content (AvgIpc) is 3.41. The van der Waals surface area contributed by atoms with E-state index in [2.05, 4.69) is 81.1 Å². The van der Waals surface area contributed by atoms with Gasteiger partial charge in [-0.1, -0.05) is 78.9 Å². The van der Waals surface area contributed by atoms with Crippen LogP contribution >= 0.6 is 0 Å². The molecular formula is C33H26N6O2. The van der Waals surface area contributed by atoms with E-state index in [9.17, 15) is 5.11 Å². The van der Waals surface area contributed by atoms with Crippen molar-refractivity contribution in [1.29, 1.82) is 0 Å². The first-order valence-electron chi connectivity index (χ1n) is 13.2. The number of rotatable bonds is 7. The summed E-state index contributed by atoms with van der Waals surface area (Å²) in [6.07, 6.45) is 1.54.